The Morgan fingerprint density at radius 1 is 1.30 bits per heavy atom. The minimum absolute atomic E-state index is 0.0372. The Kier molecular flexibility index (Phi) is 2.45. The number of urea groups is 1. The van der Waals surface area contributed by atoms with Gasteiger partial charge in [-0.1, -0.05) is 0 Å². The van der Waals surface area contributed by atoms with Gasteiger partial charge < -0.3 is 15.1 Å². The largest absolute Gasteiger partial charge is 0.371 e. The summed E-state index contributed by atoms with van der Waals surface area (Å²) in [4.78, 5) is 19.9. The van der Waals surface area contributed by atoms with Gasteiger partial charge in [0.05, 0.1) is 11.4 Å². The van der Waals surface area contributed by atoms with E-state index in [0.717, 1.165) is 43.2 Å². The molecule has 20 heavy (non-hydrogen) atoms. The van der Waals surface area contributed by atoms with Gasteiger partial charge in [-0.2, -0.15) is 5.11 Å². The standard InChI is InChI=1S/C13H14N6O/c20-13-14-1-2-19(13)4-3-18-7-9-5-15-12-10(6-16-17-12)11(9)8-18/h5-6,8H,1-4,7H2,(H,14,20). The van der Waals surface area contributed by atoms with E-state index in [1.807, 2.05) is 11.1 Å². The Labute approximate surface area is 115 Å². The fourth-order valence-electron chi connectivity index (χ4n) is 2.76. The van der Waals surface area contributed by atoms with E-state index in [4.69, 9.17) is 0 Å². The van der Waals surface area contributed by atoms with Crippen LogP contribution >= 0.6 is 0 Å². The topological polar surface area (TPSA) is 73.2 Å². The summed E-state index contributed by atoms with van der Waals surface area (Å²) < 4.78 is 0. The molecule has 0 aromatic carbocycles. The highest BCUT2D eigenvalue weighted by Crippen LogP contribution is 2.11. The molecule has 0 aliphatic carbocycles. The lowest BCUT2D eigenvalue weighted by Crippen LogP contribution is -2.34. The van der Waals surface area contributed by atoms with Gasteiger partial charge in [0.15, 0.2) is 5.82 Å². The molecule has 0 bridgehead atoms. The first-order chi connectivity index (χ1) is 9.81. The van der Waals surface area contributed by atoms with Gasteiger partial charge in [-0.25, -0.2) is 9.78 Å². The number of carbonyl (C=O) groups excluding carboxylic acids is 1. The average Bonchev–Trinajstić information content (AvgIpc) is 3.13. The van der Waals surface area contributed by atoms with Gasteiger partial charge in [-0.05, 0) is 5.56 Å². The van der Waals surface area contributed by atoms with E-state index in [0.29, 0.717) is 5.82 Å². The molecule has 2 amide bonds. The maximum atomic E-state index is 11.5. The normalized spacial score (nSPS) is 18.7. The monoisotopic (exact) mass is 270 g/mol. The van der Waals surface area contributed by atoms with Crippen LogP contribution in [0, 0.1) is 0 Å². The van der Waals surface area contributed by atoms with Crippen molar-refractivity contribution < 1.29 is 4.79 Å². The highest BCUT2D eigenvalue weighted by molar-refractivity contribution is 5.76. The van der Waals surface area contributed by atoms with E-state index >= 15 is 0 Å². The van der Waals surface area contributed by atoms with Gasteiger partial charge >= 0.3 is 6.03 Å². The van der Waals surface area contributed by atoms with Crippen molar-refractivity contribution in [3.05, 3.63) is 22.2 Å². The smallest absolute Gasteiger partial charge is 0.317 e. The maximum absolute atomic E-state index is 11.5. The third-order valence-electron chi connectivity index (χ3n) is 3.85. The van der Waals surface area contributed by atoms with Crippen LogP contribution in [0.2, 0.25) is 0 Å². The summed E-state index contributed by atoms with van der Waals surface area (Å²) in [6.07, 6.45) is 5.75. The second kappa shape index (κ2) is 4.29. The van der Waals surface area contributed by atoms with Crippen LogP contribution < -0.4 is 15.8 Å². The van der Waals surface area contributed by atoms with Crippen LogP contribution in [-0.2, 0) is 6.54 Å². The van der Waals surface area contributed by atoms with E-state index in [2.05, 4.69) is 31.6 Å². The van der Waals surface area contributed by atoms with Crippen LogP contribution in [0.3, 0.4) is 0 Å². The molecule has 7 nitrogen and oxygen atoms in total. The van der Waals surface area contributed by atoms with Crippen molar-refractivity contribution in [1.29, 1.82) is 0 Å². The predicted octanol–water partition coefficient (Wildman–Crippen LogP) is -0.504. The fraction of sp³-hybridized carbons (Fsp3) is 0.385. The van der Waals surface area contributed by atoms with Crippen LogP contribution in [0.4, 0.5) is 10.6 Å². The molecule has 0 atom stereocenters. The lowest BCUT2D eigenvalue weighted by atomic mass is 10.2. The number of azo groups is 1. The Balaban J connectivity index is 1.52. The van der Waals surface area contributed by atoms with E-state index in [1.165, 1.54) is 5.56 Å². The molecule has 3 aliphatic heterocycles. The zero-order chi connectivity index (χ0) is 13.5. The number of nitrogens with zero attached hydrogens (tertiary/aromatic N) is 5. The molecule has 4 rings (SSSR count). The minimum atomic E-state index is 0.0372. The van der Waals surface area contributed by atoms with Crippen LogP contribution in [-0.4, -0.2) is 47.0 Å². The molecule has 0 radical (unpaired) electrons. The van der Waals surface area contributed by atoms with E-state index in [1.54, 1.807) is 6.20 Å². The van der Waals surface area contributed by atoms with Crippen molar-refractivity contribution in [3.63, 3.8) is 0 Å². The molecule has 1 fully saturated rings. The quantitative estimate of drug-likeness (QED) is 0.804. The van der Waals surface area contributed by atoms with Gasteiger partial charge in [-0.3, -0.25) is 0 Å². The molecular weight excluding hydrogens is 256 g/mol. The van der Waals surface area contributed by atoms with E-state index in [9.17, 15) is 4.79 Å². The number of rotatable bonds is 3. The van der Waals surface area contributed by atoms with Crippen molar-refractivity contribution >= 4 is 24.2 Å². The number of pyridine rings is 1. The van der Waals surface area contributed by atoms with Crippen LogP contribution in [0.1, 0.15) is 5.56 Å². The molecule has 3 aliphatic rings. The molecule has 1 aromatic rings. The number of carbonyl (C=O) groups is 1. The number of nitrogens with one attached hydrogen (secondary N) is 1. The molecule has 4 heterocycles. The molecule has 1 saturated heterocycles. The number of aromatic nitrogens is 1. The molecule has 0 saturated carbocycles. The SMILES string of the molecule is O=C1NCCN1CCN1C=c2c(cnc3c2=CN=N3)C1. The zero-order valence-electron chi connectivity index (χ0n) is 10.9. The number of hydrogen-bond acceptors (Lipinski definition) is 5. The Morgan fingerprint density at radius 3 is 3.10 bits per heavy atom. The van der Waals surface area contributed by atoms with Gasteiger partial charge in [0.1, 0.15) is 0 Å². The molecule has 102 valence electrons. The van der Waals surface area contributed by atoms with Gasteiger partial charge in [-0.15, -0.1) is 5.11 Å². The molecular formula is C13H14N6O. The van der Waals surface area contributed by atoms with E-state index in [-0.39, 0.29) is 6.03 Å². The summed E-state index contributed by atoms with van der Waals surface area (Å²) in [5.74, 6) is 0.695. The third kappa shape index (κ3) is 1.74. The van der Waals surface area contributed by atoms with Crippen LogP contribution in [0.25, 0.3) is 12.4 Å². The minimum Gasteiger partial charge on any atom is -0.371 e. The summed E-state index contributed by atoms with van der Waals surface area (Å²) in [5, 5.41) is 12.9. The highest BCUT2D eigenvalue weighted by atomic mass is 16.2. The van der Waals surface area contributed by atoms with Crippen molar-refractivity contribution in [2.45, 2.75) is 6.54 Å². The zero-order valence-corrected chi connectivity index (χ0v) is 10.9. The molecule has 7 heteroatoms. The molecule has 0 unspecified atom stereocenters. The highest BCUT2D eigenvalue weighted by Gasteiger charge is 2.21. The number of amides is 2. The van der Waals surface area contributed by atoms with Crippen molar-refractivity contribution in [2.24, 2.45) is 10.2 Å². The average molecular weight is 270 g/mol. The maximum Gasteiger partial charge on any atom is 0.317 e. The van der Waals surface area contributed by atoms with Crippen LogP contribution in [0.15, 0.2) is 16.4 Å². The lowest BCUT2D eigenvalue weighted by molar-refractivity contribution is 0.212. The summed E-state index contributed by atoms with van der Waals surface area (Å²) >= 11 is 0. The first kappa shape index (κ1) is 11.4. The van der Waals surface area contributed by atoms with Gasteiger partial charge in [0.2, 0.25) is 0 Å². The molecule has 0 spiro atoms. The number of hydrogen-bond donors (Lipinski definition) is 1. The Hall–Kier alpha value is -2.44. The number of fused-ring (bicyclic) bond motifs is 3. The van der Waals surface area contributed by atoms with Crippen molar-refractivity contribution in [1.82, 2.24) is 20.1 Å². The first-order valence-corrected chi connectivity index (χ1v) is 6.69. The third-order valence-corrected chi connectivity index (χ3v) is 3.85. The molecule has 1 N–H and O–H groups in total. The van der Waals surface area contributed by atoms with Gasteiger partial charge in [0, 0.05) is 50.3 Å². The van der Waals surface area contributed by atoms with E-state index < -0.39 is 0 Å². The summed E-state index contributed by atoms with van der Waals surface area (Å²) in [6, 6.07) is 0.0372. The van der Waals surface area contributed by atoms with Crippen LogP contribution in [0.5, 0.6) is 0 Å². The first-order valence-electron chi connectivity index (χ1n) is 6.69. The fourth-order valence-corrected chi connectivity index (χ4v) is 2.76. The summed E-state index contributed by atoms with van der Waals surface area (Å²) in [7, 11) is 0. The van der Waals surface area contributed by atoms with Crippen molar-refractivity contribution in [2.75, 3.05) is 26.2 Å². The Morgan fingerprint density at radius 2 is 2.25 bits per heavy atom. The molecule has 1 aromatic heterocycles. The summed E-state index contributed by atoms with van der Waals surface area (Å²) in [6.45, 7) is 3.94. The summed E-state index contributed by atoms with van der Waals surface area (Å²) in [5.41, 5.74) is 1.19. The van der Waals surface area contributed by atoms with Gasteiger partial charge in [0.25, 0.3) is 0 Å². The lowest BCUT2D eigenvalue weighted by Gasteiger charge is -2.20. The second-order valence-electron chi connectivity index (χ2n) is 5.10. The Bertz CT molecular complexity index is 725. The van der Waals surface area contributed by atoms with Crippen molar-refractivity contribution in [3.8, 4) is 0 Å². The predicted molar refractivity (Wildman–Crippen MR) is 72.3 cm³/mol. The second-order valence-corrected chi connectivity index (χ2v) is 5.10.